The summed E-state index contributed by atoms with van der Waals surface area (Å²) in [6, 6.07) is 0. The van der Waals surface area contributed by atoms with E-state index < -0.39 is 0 Å². The lowest BCUT2D eigenvalue weighted by Gasteiger charge is -2.53. The largest absolute Gasteiger partial charge is 0.355 e. The number of carbonyl (C=O) groups excluding carboxylic acids is 1. The van der Waals surface area contributed by atoms with E-state index in [1.807, 2.05) is 6.92 Å². The van der Waals surface area contributed by atoms with Crippen LogP contribution in [0.1, 0.15) is 45.4 Å². The van der Waals surface area contributed by atoms with E-state index in [-0.39, 0.29) is 0 Å². The summed E-state index contributed by atoms with van der Waals surface area (Å²) in [7, 11) is 0. The third-order valence-corrected chi connectivity index (χ3v) is 5.26. The van der Waals surface area contributed by atoms with Crippen molar-refractivity contribution < 1.29 is 4.79 Å². The number of hydrogen-bond donors (Lipinski definition) is 1. The van der Waals surface area contributed by atoms with Gasteiger partial charge in [-0.2, -0.15) is 0 Å². The van der Waals surface area contributed by atoms with Crippen molar-refractivity contribution in [1.82, 2.24) is 5.32 Å². The zero-order chi connectivity index (χ0) is 12.5. The summed E-state index contributed by atoms with van der Waals surface area (Å²) in [4.78, 5) is 12.3. The van der Waals surface area contributed by atoms with E-state index in [2.05, 4.69) is 17.2 Å². The van der Waals surface area contributed by atoms with Crippen LogP contribution in [0.2, 0.25) is 0 Å². The van der Waals surface area contributed by atoms with Crippen LogP contribution in [0.4, 0.5) is 0 Å². The Balaban J connectivity index is 1.58. The monoisotopic (exact) mass is 245 g/mol. The topological polar surface area (TPSA) is 29.1 Å². The van der Waals surface area contributed by atoms with Crippen LogP contribution in [0.3, 0.4) is 0 Å². The normalized spacial score (nSPS) is 40.2. The molecule has 4 fully saturated rings. The van der Waals surface area contributed by atoms with Crippen molar-refractivity contribution in [2.75, 3.05) is 6.54 Å². The van der Waals surface area contributed by atoms with Crippen molar-refractivity contribution in [2.45, 2.75) is 45.4 Å². The van der Waals surface area contributed by atoms with Gasteiger partial charge in [-0.3, -0.25) is 4.79 Å². The van der Waals surface area contributed by atoms with Crippen molar-refractivity contribution in [3.63, 3.8) is 0 Å². The van der Waals surface area contributed by atoms with Crippen LogP contribution in [0, 0.1) is 41.4 Å². The molecule has 0 atom stereocenters. The molecule has 4 saturated carbocycles. The van der Waals surface area contributed by atoms with Gasteiger partial charge < -0.3 is 5.32 Å². The van der Waals surface area contributed by atoms with E-state index >= 15 is 0 Å². The third kappa shape index (κ3) is 2.16. The first-order valence-electron chi connectivity index (χ1n) is 7.45. The first kappa shape index (κ1) is 12.1. The summed E-state index contributed by atoms with van der Waals surface area (Å²) in [5, 5.41) is 3.10. The lowest BCUT2D eigenvalue weighted by Crippen LogP contribution is -2.51. The highest BCUT2D eigenvalue weighted by Gasteiger charge is 2.50. The minimum absolute atomic E-state index is 0.321. The Morgan fingerprint density at radius 2 is 1.72 bits per heavy atom. The zero-order valence-corrected chi connectivity index (χ0v) is 11.2. The third-order valence-electron chi connectivity index (χ3n) is 5.26. The maximum absolute atomic E-state index is 12.3. The predicted octanol–water partition coefficient (Wildman–Crippen LogP) is 2.59. The minimum atomic E-state index is 0.321. The molecular weight excluding hydrogens is 222 g/mol. The lowest BCUT2D eigenvalue weighted by molar-refractivity contribution is -0.138. The van der Waals surface area contributed by atoms with Gasteiger partial charge in [0.2, 0.25) is 5.91 Å². The van der Waals surface area contributed by atoms with Gasteiger partial charge in [0, 0.05) is 18.9 Å². The molecule has 0 aliphatic heterocycles. The maximum Gasteiger partial charge on any atom is 0.223 e. The van der Waals surface area contributed by atoms with Crippen LogP contribution in [0.25, 0.3) is 0 Å². The summed E-state index contributed by atoms with van der Waals surface area (Å²) in [6.45, 7) is 2.57. The highest BCUT2D eigenvalue weighted by molar-refractivity contribution is 5.79. The second-order valence-electron chi connectivity index (χ2n) is 6.42. The van der Waals surface area contributed by atoms with Crippen LogP contribution in [0.5, 0.6) is 0 Å². The molecule has 0 heterocycles. The quantitative estimate of drug-likeness (QED) is 0.601. The maximum atomic E-state index is 12.3. The Labute approximate surface area is 110 Å². The van der Waals surface area contributed by atoms with Gasteiger partial charge in [0.15, 0.2) is 0 Å². The van der Waals surface area contributed by atoms with Crippen LogP contribution >= 0.6 is 0 Å². The van der Waals surface area contributed by atoms with Gasteiger partial charge in [0.25, 0.3) is 0 Å². The van der Waals surface area contributed by atoms with Crippen LogP contribution in [-0.2, 0) is 4.79 Å². The Hall–Kier alpha value is -0.970. The average molecular weight is 245 g/mol. The van der Waals surface area contributed by atoms with Gasteiger partial charge in [-0.25, -0.2) is 0 Å². The molecule has 98 valence electrons. The van der Waals surface area contributed by atoms with Crippen LogP contribution < -0.4 is 5.32 Å². The van der Waals surface area contributed by atoms with Crippen LogP contribution in [0.15, 0.2) is 0 Å². The second-order valence-corrected chi connectivity index (χ2v) is 6.42. The standard InChI is InChI=1S/C16H23NO/c1-2-3-4-5-17-16(18)15-13-7-11-6-12(9-13)10-14(15)8-11/h11-15H,4-10H2,1H3,(H,17,18). The minimum Gasteiger partial charge on any atom is -0.355 e. The first-order chi connectivity index (χ1) is 8.78. The molecule has 0 aromatic rings. The molecule has 0 aromatic carbocycles. The summed E-state index contributed by atoms with van der Waals surface area (Å²) >= 11 is 0. The summed E-state index contributed by atoms with van der Waals surface area (Å²) < 4.78 is 0. The van der Waals surface area contributed by atoms with E-state index in [1.165, 1.54) is 32.1 Å². The number of amides is 1. The van der Waals surface area contributed by atoms with E-state index in [9.17, 15) is 4.79 Å². The van der Waals surface area contributed by atoms with Gasteiger partial charge in [0.1, 0.15) is 0 Å². The summed E-state index contributed by atoms with van der Waals surface area (Å²) in [5.74, 6) is 9.80. The molecule has 2 heteroatoms. The van der Waals surface area contributed by atoms with Crippen molar-refractivity contribution in [1.29, 1.82) is 0 Å². The van der Waals surface area contributed by atoms with Gasteiger partial charge in [-0.15, -0.1) is 11.8 Å². The van der Waals surface area contributed by atoms with Crippen molar-refractivity contribution >= 4 is 5.91 Å². The Bertz CT molecular complexity index is 362. The van der Waals surface area contributed by atoms with E-state index in [0.29, 0.717) is 23.7 Å². The molecule has 4 aliphatic carbocycles. The molecule has 0 saturated heterocycles. The molecule has 1 N–H and O–H groups in total. The number of rotatable bonds is 3. The van der Waals surface area contributed by atoms with E-state index in [0.717, 1.165) is 24.8 Å². The van der Waals surface area contributed by atoms with Crippen molar-refractivity contribution in [3.05, 3.63) is 0 Å². The number of nitrogens with one attached hydrogen (secondary N) is 1. The van der Waals surface area contributed by atoms with Gasteiger partial charge >= 0.3 is 0 Å². The molecule has 1 amide bonds. The smallest absolute Gasteiger partial charge is 0.223 e. The highest BCUT2D eigenvalue weighted by Crippen LogP contribution is 2.56. The molecule has 0 unspecified atom stereocenters. The van der Waals surface area contributed by atoms with Crippen molar-refractivity contribution in [3.8, 4) is 11.8 Å². The average Bonchev–Trinajstić information content (AvgIpc) is 2.33. The summed E-state index contributed by atoms with van der Waals surface area (Å²) in [6.07, 6.45) is 7.52. The van der Waals surface area contributed by atoms with Gasteiger partial charge in [-0.1, -0.05) is 0 Å². The fourth-order valence-electron chi connectivity index (χ4n) is 4.84. The zero-order valence-electron chi connectivity index (χ0n) is 11.2. The fourth-order valence-corrected chi connectivity index (χ4v) is 4.84. The lowest BCUT2D eigenvalue weighted by atomic mass is 9.51. The van der Waals surface area contributed by atoms with Gasteiger partial charge in [0.05, 0.1) is 0 Å². The molecule has 4 aliphatic rings. The Morgan fingerprint density at radius 3 is 2.28 bits per heavy atom. The van der Waals surface area contributed by atoms with Crippen molar-refractivity contribution in [2.24, 2.45) is 29.6 Å². The van der Waals surface area contributed by atoms with Gasteiger partial charge in [-0.05, 0) is 62.7 Å². The Morgan fingerprint density at radius 1 is 1.11 bits per heavy atom. The molecule has 0 radical (unpaired) electrons. The summed E-state index contributed by atoms with van der Waals surface area (Å²) in [5.41, 5.74) is 0. The number of carbonyl (C=O) groups is 1. The molecule has 18 heavy (non-hydrogen) atoms. The molecular formula is C16H23NO. The molecule has 4 bridgehead atoms. The fraction of sp³-hybridized carbons (Fsp3) is 0.812. The molecule has 2 nitrogen and oxygen atoms in total. The second kappa shape index (κ2) is 4.96. The molecule has 0 aromatic heterocycles. The predicted molar refractivity (Wildman–Crippen MR) is 71.6 cm³/mol. The molecule has 4 rings (SSSR count). The Kier molecular flexibility index (Phi) is 3.33. The van der Waals surface area contributed by atoms with E-state index in [4.69, 9.17) is 0 Å². The highest BCUT2D eigenvalue weighted by atomic mass is 16.1. The number of hydrogen-bond acceptors (Lipinski definition) is 1. The first-order valence-corrected chi connectivity index (χ1v) is 7.45. The molecule has 0 spiro atoms. The van der Waals surface area contributed by atoms with Crippen LogP contribution in [-0.4, -0.2) is 12.5 Å². The van der Waals surface area contributed by atoms with E-state index in [1.54, 1.807) is 0 Å². The SMILES string of the molecule is CC#CCCNC(=O)C1C2CC3CC(C2)CC1C3.